The molecular weight excluding hydrogens is 258 g/mol. The number of amides is 1. The van der Waals surface area contributed by atoms with Crippen molar-refractivity contribution in [2.24, 2.45) is 0 Å². The van der Waals surface area contributed by atoms with Gasteiger partial charge in [0.25, 0.3) is 0 Å². The van der Waals surface area contributed by atoms with Crippen molar-refractivity contribution < 1.29 is 9.53 Å². The first-order valence-electron chi connectivity index (χ1n) is 6.46. The fourth-order valence-corrected chi connectivity index (χ4v) is 1.96. The number of methoxy groups -OCH3 is 1. The van der Waals surface area contributed by atoms with Crippen molar-refractivity contribution >= 4 is 17.1 Å². The van der Waals surface area contributed by atoms with Gasteiger partial charge >= 0.3 is 0 Å². The molecule has 0 aliphatic heterocycles. The number of carbonyl (C=O) groups is 1. The maximum absolute atomic E-state index is 11.5. The normalized spacial score (nSPS) is 10.9. The highest BCUT2D eigenvalue weighted by atomic mass is 16.5. The number of nitrogens with one attached hydrogen (secondary N) is 2. The highest BCUT2D eigenvalue weighted by Gasteiger charge is 2.12. The molecule has 0 aromatic carbocycles. The van der Waals surface area contributed by atoms with Gasteiger partial charge in [-0.1, -0.05) is 0 Å². The van der Waals surface area contributed by atoms with Crippen LogP contribution >= 0.6 is 0 Å². The monoisotopic (exact) mass is 277 g/mol. The molecule has 1 amide bonds. The minimum absolute atomic E-state index is 0.0641. The van der Waals surface area contributed by atoms with Crippen LogP contribution in [-0.4, -0.2) is 47.8 Å². The molecule has 2 heterocycles. The number of nitrogens with zero attached hydrogens (tertiary/aromatic N) is 3. The van der Waals surface area contributed by atoms with Crippen LogP contribution in [0.1, 0.15) is 5.82 Å². The molecule has 0 aliphatic rings. The summed E-state index contributed by atoms with van der Waals surface area (Å²) in [4.78, 5) is 20.4. The largest absolute Gasteiger partial charge is 0.383 e. The Labute approximate surface area is 117 Å². The first kappa shape index (κ1) is 14.4. The second-order valence-corrected chi connectivity index (χ2v) is 4.33. The zero-order chi connectivity index (χ0) is 14.4. The molecule has 0 atom stereocenters. The summed E-state index contributed by atoms with van der Waals surface area (Å²) in [5, 5.41) is 5.63. The van der Waals surface area contributed by atoms with Gasteiger partial charge in [-0.05, 0) is 19.2 Å². The third-order valence-electron chi connectivity index (χ3n) is 2.88. The summed E-state index contributed by atoms with van der Waals surface area (Å²) >= 11 is 0. The average Bonchev–Trinajstić information content (AvgIpc) is 2.81. The topological polar surface area (TPSA) is 81.1 Å². The summed E-state index contributed by atoms with van der Waals surface area (Å²) in [6.07, 6.45) is 1.73. The number of pyridine rings is 1. The molecule has 7 nitrogen and oxygen atoms in total. The Morgan fingerprint density at radius 3 is 3.10 bits per heavy atom. The molecule has 108 valence electrons. The lowest BCUT2D eigenvalue weighted by Crippen LogP contribution is -2.32. The van der Waals surface area contributed by atoms with E-state index in [-0.39, 0.29) is 12.5 Å². The van der Waals surface area contributed by atoms with Gasteiger partial charge in [-0.25, -0.2) is 9.97 Å². The van der Waals surface area contributed by atoms with Crippen molar-refractivity contribution in [2.45, 2.75) is 13.1 Å². The molecule has 0 saturated heterocycles. The van der Waals surface area contributed by atoms with E-state index >= 15 is 0 Å². The minimum atomic E-state index is -0.0641. The number of likely N-dealkylation sites (N-methyl/N-ethyl adjacent to an activating group) is 1. The van der Waals surface area contributed by atoms with Gasteiger partial charge in [0.05, 0.1) is 19.7 Å². The number of fused-ring (bicyclic) bond motifs is 1. The van der Waals surface area contributed by atoms with Gasteiger partial charge in [-0.15, -0.1) is 0 Å². The lowest BCUT2D eigenvalue weighted by molar-refractivity contribution is -0.120. The van der Waals surface area contributed by atoms with Crippen molar-refractivity contribution in [3.05, 3.63) is 24.2 Å². The Balaban J connectivity index is 2.19. The van der Waals surface area contributed by atoms with Gasteiger partial charge in [0.1, 0.15) is 11.3 Å². The number of rotatable bonds is 7. The van der Waals surface area contributed by atoms with E-state index in [4.69, 9.17) is 4.74 Å². The molecule has 7 heteroatoms. The van der Waals surface area contributed by atoms with Crippen LogP contribution in [0.2, 0.25) is 0 Å². The zero-order valence-electron chi connectivity index (χ0n) is 11.7. The second-order valence-electron chi connectivity index (χ2n) is 4.33. The maximum Gasteiger partial charge on any atom is 0.234 e. The molecule has 0 aliphatic carbocycles. The summed E-state index contributed by atoms with van der Waals surface area (Å²) < 4.78 is 7.08. The van der Waals surface area contributed by atoms with Crippen LogP contribution in [0, 0.1) is 0 Å². The molecule has 2 rings (SSSR count). The van der Waals surface area contributed by atoms with E-state index in [9.17, 15) is 4.79 Å². The highest BCUT2D eigenvalue weighted by molar-refractivity contribution is 5.78. The quantitative estimate of drug-likeness (QED) is 0.739. The van der Waals surface area contributed by atoms with Crippen LogP contribution in [0.3, 0.4) is 0 Å². The standard InChI is InChI=1S/C13H19N5O2/c1-14-9-12(19)16-8-11-17-10-4-3-5-15-13(10)18(11)6-7-20-2/h3-5,14H,6-9H2,1-2H3,(H,16,19). The number of aromatic nitrogens is 3. The number of hydrogen-bond acceptors (Lipinski definition) is 5. The smallest absolute Gasteiger partial charge is 0.234 e. The summed E-state index contributed by atoms with van der Waals surface area (Å²) in [6, 6.07) is 3.75. The molecule has 2 aromatic heterocycles. The summed E-state index contributed by atoms with van der Waals surface area (Å²) in [7, 11) is 3.39. The van der Waals surface area contributed by atoms with Gasteiger partial charge in [-0.3, -0.25) is 4.79 Å². The Hall–Kier alpha value is -1.99. The van der Waals surface area contributed by atoms with E-state index in [1.54, 1.807) is 20.4 Å². The van der Waals surface area contributed by atoms with Crippen molar-refractivity contribution in [1.82, 2.24) is 25.2 Å². The van der Waals surface area contributed by atoms with Gasteiger partial charge in [-0.2, -0.15) is 0 Å². The first-order valence-corrected chi connectivity index (χ1v) is 6.46. The van der Waals surface area contributed by atoms with Crippen LogP contribution in [0.25, 0.3) is 11.2 Å². The Morgan fingerprint density at radius 2 is 2.35 bits per heavy atom. The molecule has 20 heavy (non-hydrogen) atoms. The van der Waals surface area contributed by atoms with E-state index in [1.807, 2.05) is 16.7 Å². The minimum Gasteiger partial charge on any atom is -0.383 e. The van der Waals surface area contributed by atoms with Crippen LogP contribution in [0.4, 0.5) is 0 Å². The summed E-state index contributed by atoms with van der Waals surface area (Å²) in [5.74, 6) is 0.714. The maximum atomic E-state index is 11.5. The molecule has 0 unspecified atom stereocenters. The van der Waals surface area contributed by atoms with Crippen LogP contribution < -0.4 is 10.6 Å². The lowest BCUT2D eigenvalue weighted by atomic mass is 10.4. The van der Waals surface area contributed by atoms with E-state index < -0.39 is 0 Å². The van der Waals surface area contributed by atoms with Crippen molar-refractivity contribution in [3.8, 4) is 0 Å². The Kier molecular flexibility index (Phi) is 5.03. The van der Waals surface area contributed by atoms with Crippen molar-refractivity contribution in [1.29, 1.82) is 0 Å². The molecule has 2 N–H and O–H groups in total. The number of imidazole rings is 1. The molecule has 0 spiro atoms. The van der Waals surface area contributed by atoms with E-state index in [0.717, 1.165) is 17.0 Å². The van der Waals surface area contributed by atoms with E-state index in [2.05, 4.69) is 20.6 Å². The third kappa shape index (κ3) is 3.31. The number of ether oxygens (including phenoxy) is 1. The zero-order valence-corrected chi connectivity index (χ0v) is 11.7. The Bertz CT molecular complexity index is 581. The molecule has 0 saturated carbocycles. The van der Waals surface area contributed by atoms with E-state index in [0.29, 0.717) is 19.7 Å². The first-order chi connectivity index (χ1) is 9.76. The predicted octanol–water partition coefficient (Wildman–Crippen LogP) is -0.0867. The third-order valence-corrected chi connectivity index (χ3v) is 2.88. The molecule has 2 aromatic rings. The van der Waals surface area contributed by atoms with Gasteiger partial charge in [0.15, 0.2) is 5.65 Å². The van der Waals surface area contributed by atoms with Crippen molar-refractivity contribution in [2.75, 3.05) is 27.3 Å². The van der Waals surface area contributed by atoms with Crippen LogP contribution in [0.5, 0.6) is 0 Å². The lowest BCUT2D eigenvalue weighted by Gasteiger charge is -2.09. The molecule has 0 fully saturated rings. The SMILES string of the molecule is CNCC(=O)NCc1nc2cccnc2n1CCOC. The van der Waals surface area contributed by atoms with Crippen molar-refractivity contribution in [3.63, 3.8) is 0 Å². The molecule has 0 bridgehead atoms. The van der Waals surface area contributed by atoms with Crippen LogP contribution in [-0.2, 0) is 22.6 Å². The fourth-order valence-electron chi connectivity index (χ4n) is 1.96. The molecular formula is C13H19N5O2. The highest BCUT2D eigenvalue weighted by Crippen LogP contribution is 2.13. The van der Waals surface area contributed by atoms with Gasteiger partial charge < -0.3 is 19.9 Å². The van der Waals surface area contributed by atoms with Crippen LogP contribution in [0.15, 0.2) is 18.3 Å². The Morgan fingerprint density at radius 1 is 1.50 bits per heavy atom. The van der Waals surface area contributed by atoms with E-state index in [1.165, 1.54) is 0 Å². The predicted molar refractivity (Wildman–Crippen MR) is 75.2 cm³/mol. The summed E-state index contributed by atoms with van der Waals surface area (Å²) in [5.41, 5.74) is 1.63. The summed E-state index contributed by atoms with van der Waals surface area (Å²) in [6.45, 7) is 1.89. The van der Waals surface area contributed by atoms with Gasteiger partial charge in [0, 0.05) is 19.9 Å². The van der Waals surface area contributed by atoms with Gasteiger partial charge in [0.2, 0.25) is 5.91 Å². The molecule has 0 radical (unpaired) electrons. The number of carbonyl (C=O) groups excluding carboxylic acids is 1. The fraction of sp³-hybridized carbons (Fsp3) is 0.462. The average molecular weight is 277 g/mol. The number of hydrogen-bond donors (Lipinski definition) is 2. The second kappa shape index (κ2) is 6.97.